The molecule has 3 heterocycles. The van der Waals surface area contributed by atoms with Crippen molar-refractivity contribution in [2.75, 3.05) is 38.6 Å². The number of hydrogen-bond donors (Lipinski definition) is 2. The number of nitrogens with zero attached hydrogens (tertiary/aromatic N) is 4. The predicted molar refractivity (Wildman–Crippen MR) is 90.7 cm³/mol. The third-order valence-corrected chi connectivity index (χ3v) is 4.81. The van der Waals surface area contributed by atoms with E-state index in [4.69, 9.17) is 0 Å². The molecule has 2 aromatic heterocycles. The van der Waals surface area contributed by atoms with Crippen LogP contribution >= 0.6 is 11.3 Å². The number of aliphatic hydroxyl groups is 1. The molecule has 1 aliphatic heterocycles. The number of thiophene rings is 1. The summed E-state index contributed by atoms with van der Waals surface area (Å²) < 4.78 is 1.04. The van der Waals surface area contributed by atoms with Gasteiger partial charge < -0.3 is 20.2 Å². The van der Waals surface area contributed by atoms with E-state index in [1.165, 1.54) is 0 Å². The Morgan fingerprint density at radius 2 is 2.35 bits per heavy atom. The maximum Gasteiger partial charge on any atom is 0.234 e. The number of amides is 1. The molecule has 2 N–H and O–H groups in total. The number of piperidine rings is 1. The number of nitrogens with one attached hydrogen (secondary N) is 1. The first kappa shape index (κ1) is 16.1. The fourth-order valence-electron chi connectivity index (χ4n) is 2.81. The molecular formula is C15H21N5O2S. The zero-order chi connectivity index (χ0) is 16.4. The van der Waals surface area contributed by atoms with E-state index < -0.39 is 6.10 Å². The number of anilines is 1. The summed E-state index contributed by atoms with van der Waals surface area (Å²) in [4.78, 5) is 24.6. The van der Waals surface area contributed by atoms with E-state index in [-0.39, 0.29) is 11.9 Å². The summed E-state index contributed by atoms with van der Waals surface area (Å²) in [5, 5.41) is 15.1. The van der Waals surface area contributed by atoms with Crippen LogP contribution in [0.3, 0.4) is 0 Å². The number of rotatable bonds is 4. The van der Waals surface area contributed by atoms with Gasteiger partial charge in [0, 0.05) is 13.1 Å². The Hall–Kier alpha value is -1.77. The molecule has 0 aliphatic carbocycles. The number of hydrogen-bond acceptors (Lipinski definition) is 7. The number of fused-ring (bicyclic) bond motifs is 1. The number of carbonyl (C=O) groups is 1. The largest absolute Gasteiger partial charge is 0.391 e. The van der Waals surface area contributed by atoms with Gasteiger partial charge in [-0.25, -0.2) is 9.97 Å². The molecule has 0 radical (unpaired) electrons. The summed E-state index contributed by atoms with van der Waals surface area (Å²) >= 11 is 1.61. The Morgan fingerprint density at radius 3 is 3.13 bits per heavy atom. The Morgan fingerprint density at radius 1 is 1.52 bits per heavy atom. The van der Waals surface area contributed by atoms with Crippen molar-refractivity contribution < 1.29 is 9.90 Å². The zero-order valence-electron chi connectivity index (χ0n) is 13.3. The summed E-state index contributed by atoms with van der Waals surface area (Å²) in [5.41, 5.74) is 0.930. The van der Waals surface area contributed by atoms with Crippen LogP contribution in [0.25, 0.3) is 10.2 Å². The van der Waals surface area contributed by atoms with Gasteiger partial charge in [-0.15, -0.1) is 11.3 Å². The zero-order valence-corrected chi connectivity index (χ0v) is 14.1. The standard InChI is InChI=1S/C15H21N5O2S/c1-19(2)8-13(22)18-11-7-20(5-3-12(11)21)15-14-10(4-6-23-14)16-9-17-15/h4,6,9,11-12,21H,3,5,7-8H2,1-2H3,(H,18,22)/t11-,12+/m1/s1. The number of carbonyl (C=O) groups excluding carboxylic acids is 1. The third-order valence-electron chi connectivity index (χ3n) is 3.91. The van der Waals surface area contributed by atoms with Crippen LogP contribution in [0.1, 0.15) is 6.42 Å². The van der Waals surface area contributed by atoms with Crippen LogP contribution in [0.2, 0.25) is 0 Å². The average Bonchev–Trinajstić information content (AvgIpc) is 2.97. The molecule has 2 atom stereocenters. The van der Waals surface area contributed by atoms with E-state index in [1.807, 2.05) is 30.4 Å². The van der Waals surface area contributed by atoms with Crippen molar-refractivity contribution in [3.05, 3.63) is 17.8 Å². The fourth-order valence-corrected chi connectivity index (χ4v) is 3.68. The normalized spacial score (nSPS) is 21.8. The van der Waals surface area contributed by atoms with Crippen LogP contribution in [0.5, 0.6) is 0 Å². The minimum atomic E-state index is -0.530. The summed E-state index contributed by atoms with van der Waals surface area (Å²) in [7, 11) is 3.69. The lowest BCUT2D eigenvalue weighted by molar-refractivity contribution is -0.123. The summed E-state index contributed by atoms with van der Waals surface area (Å²) in [6, 6.07) is 1.68. The Labute approximate surface area is 138 Å². The maximum atomic E-state index is 12.0. The number of aliphatic hydroxyl groups excluding tert-OH is 1. The molecule has 0 bridgehead atoms. The van der Waals surface area contributed by atoms with Crippen molar-refractivity contribution in [1.82, 2.24) is 20.2 Å². The highest BCUT2D eigenvalue weighted by Crippen LogP contribution is 2.29. The van der Waals surface area contributed by atoms with Gasteiger partial charge in [0.15, 0.2) is 0 Å². The van der Waals surface area contributed by atoms with E-state index in [9.17, 15) is 9.90 Å². The molecule has 124 valence electrons. The van der Waals surface area contributed by atoms with Crippen LogP contribution in [0.4, 0.5) is 5.82 Å². The van der Waals surface area contributed by atoms with Gasteiger partial charge in [0.05, 0.1) is 28.9 Å². The highest BCUT2D eigenvalue weighted by Gasteiger charge is 2.30. The molecule has 1 aliphatic rings. The molecule has 8 heteroatoms. The Bertz CT molecular complexity index is 689. The molecule has 3 rings (SSSR count). The van der Waals surface area contributed by atoms with Crippen LogP contribution in [0, 0.1) is 0 Å². The van der Waals surface area contributed by atoms with E-state index >= 15 is 0 Å². The number of likely N-dealkylation sites (N-methyl/N-ethyl adjacent to an activating group) is 1. The second kappa shape index (κ2) is 6.77. The monoisotopic (exact) mass is 335 g/mol. The SMILES string of the molecule is CN(C)CC(=O)N[C@@H]1CN(c2ncnc3ccsc23)CC[C@@H]1O. The Kier molecular flexibility index (Phi) is 4.74. The molecule has 23 heavy (non-hydrogen) atoms. The van der Waals surface area contributed by atoms with Gasteiger partial charge in [-0.3, -0.25) is 4.79 Å². The molecule has 1 saturated heterocycles. The van der Waals surface area contributed by atoms with Crippen molar-refractivity contribution >= 4 is 33.3 Å². The average molecular weight is 335 g/mol. The lowest BCUT2D eigenvalue weighted by Crippen LogP contribution is -2.56. The molecular weight excluding hydrogens is 314 g/mol. The van der Waals surface area contributed by atoms with Crippen LogP contribution < -0.4 is 10.2 Å². The van der Waals surface area contributed by atoms with Gasteiger partial charge in [-0.2, -0.15) is 0 Å². The highest BCUT2D eigenvalue weighted by atomic mass is 32.1. The van der Waals surface area contributed by atoms with Gasteiger partial charge in [0.25, 0.3) is 0 Å². The van der Waals surface area contributed by atoms with Crippen LogP contribution in [0.15, 0.2) is 17.8 Å². The first-order valence-electron chi connectivity index (χ1n) is 7.60. The van der Waals surface area contributed by atoms with Gasteiger partial charge in [-0.1, -0.05) is 0 Å². The van der Waals surface area contributed by atoms with Gasteiger partial charge in [0.2, 0.25) is 5.91 Å². The van der Waals surface area contributed by atoms with Crippen molar-refractivity contribution in [2.45, 2.75) is 18.6 Å². The molecule has 7 nitrogen and oxygen atoms in total. The molecule has 0 aromatic carbocycles. The molecule has 0 saturated carbocycles. The predicted octanol–water partition coefficient (Wildman–Crippen LogP) is 0.309. The highest BCUT2D eigenvalue weighted by molar-refractivity contribution is 7.17. The van der Waals surface area contributed by atoms with E-state index in [1.54, 1.807) is 17.7 Å². The topological polar surface area (TPSA) is 81.6 Å². The smallest absolute Gasteiger partial charge is 0.234 e. The van der Waals surface area contributed by atoms with E-state index in [0.717, 1.165) is 16.0 Å². The third kappa shape index (κ3) is 3.60. The lowest BCUT2D eigenvalue weighted by Gasteiger charge is -2.37. The quantitative estimate of drug-likeness (QED) is 0.837. The van der Waals surface area contributed by atoms with E-state index in [2.05, 4.69) is 20.2 Å². The molecule has 0 unspecified atom stereocenters. The van der Waals surface area contributed by atoms with Gasteiger partial charge in [0.1, 0.15) is 12.1 Å². The van der Waals surface area contributed by atoms with Crippen molar-refractivity contribution in [1.29, 1.82) is 0 Å². The first-order chi connectivity index (χ1) is 11.0. The number of aromatic nitrogens is 2. The van der Waals surface area contributed by atoms with Crippen molar-refractivity contribution in [3.8, 4) is 0 Å². The van der Waals surface area contributed by atoms with Crippen molar-refractivity contribution in [3.63, 3.8) is 0 Å². The minimum Gasteiger partial charge on any atom is -0.391 e. The van der Waals surface area contributed by atoms with Crippen LogP contribution in [-0.4, -0.2) is 71.8 Å². The molecule has 1 fully saturated rings. The molecule has 0 spiro atoms. The summed E-state index contributed by atoms with van der Waals surface area (Å²) in [5.74, 6) is 0.800. The lowest BCUT2D eigenvalue weighted by atomic mass is 10.0. The van der Waals surface area contributed by atoms with E-state index in [0.29, 0.717) is 26.1 Å². The second-order valence-corrected chi connectivity index (χ2v) is 6.96. The fraction of sp³-hybridized carbons (Fsp3) is 0.533. The van der Waals surface area contributed by atoms with Gasteiger partial charge >= 0.3 is 0 Å². The second-order valence-electron chi connectivity index (χ2n) is 6.05. The first-order valence-corrected chi connectivity index (χ1v) is 8.48. The Balaban J connectivity index is 1.75. The summed E-state index contributed by atoms with van der Waals surface area (Å²) in [6.45, 7) is 1.57. The molecule has 1 amide bonds. The van der Waals surface area contributed by atoms with Crippen molar-refractivity contribution in [2.24, 2.45) is 0 Å². The maximum absolute atomic E-state index is 12.0. The van der Waals surface area contributed by atoms with Gasteiger partial charge in [-0.05, 0) is 32.0 Å². The molecule has 2 aromatic rings. The summed E-state index contributed by atoms with van der Waals surface area (Å²) in [6.07, 6.45) is 1.64. The van der Waals surface area contributed by atoms with Crippen LogP contribution in [-0.2, 0) is 4.79 Å². The minimum absolute atomic E-state index is 0.0788.